The molecule has 2 heteroatoms. The van der Waals surface area contributed by atoms with Crippen LogP contribution in [0.3, 0.4) is 0 Å². The number of hydrogen-bond donors (Lipinski definition) is 1. The lowest BCUT2D eigenvalue weighted by Crippen LogP contribution is -2.18. The van der Waals surface area contributed by atoms with Gasteiger partial charge in [0.25, 0.3) is 0 Å². The Labute approximate surface area is 220 Å². The topological polar surface area (TPSA) is 29.3 Å². The van der Waals surface area contributed by atoms with E-state index in [1.54, 1.807) is 0 Å². The molecule has 3 aromatic carbocycles. The Morgan fingerprint density at radius 3 is 1.19 bits per heavy atom. The highest BCUT2D eigenvalue weighted by Gasteiger charge is 2.22. The normalized spacial score (nSPS) is 12.1. The highest BCUT2D eigenvalue weighted by atomic mass is 15.1. The van der Waals surface area contributed by atoms with Gasteiger partial charge >= 0.3 is 0 Å². The van der Waals surface area contributed by atoms with E-state index in [1.807, 2.05) is 12.1 Å². The first kappa shape index (κ1) is 27.8. The average molecular weight is 485 g/mol. The molecule has 2 nitrogen and oxygen atoms in total. The van der Waals surface area contributed by atoms with Crippen LogP contribution in [-0.4, -0.2) is 0 Å². The second kappa shape index (κ2) is 12.5. The van der Waals surface area contributed by atoms with Crippen molar-refractivity contribution in [1.29, 1.82) is 0 Å². The van der Waals surface area contributed by atoms with Crippen molar-refractivity contribution in [2.45, 2.75) is 104 Å². The summed E-state index contributed by atoms with van der Waals surface area (Å²) >= 11 is 0. The molecular weight excluding hydrogens is 436 g/mol. The average Bonchev–Trinajstić information content (AvgIpc) is 2.86. The largest absolute Gasteiger partial charge is 0.399 e. The van der Waals surface area contributed by atoms with Crippen molar-refractivity contribution in [2.24, 2.45) is 0 Å². The molecule has 0 aliphatic carbocycles. The molecule has 0 saturated carbocycles. The van der Waals surface area contributed by atoms with E-state index in [-0.39, 0.29) is 10.8 Å². The van der Waals surface area contributed by atoms with Gasteiger partial charge in [-0.3, -0.25) is 0 Å². The quantitative estimate of drug-likeness (QED) is 0.193. The van der Waals surface area contributed by atoms with Gasteiger partial charge in [-0.15, -0.1) is 0 Å². The van der Waals surface area contributed by atoms with Crippen molar-refractivity contribution in [3.63, 3.8) is 0 Å². The molecule has 0 aromatic heterocycles. The van der Waals surface area contributed by atoms with Gasteiger partial charge in [0, 0.05) is 22.7 Å². The van der Waals surface area contributed by atoms with Crippen LogP contribution in [-0.2, 0) is 10.8 Å². The van der Waals surface area contributed by atoms with Crippen molar-refractivity contribution in [1.82, 2.24) is 0 Å². The zero-order valence-corrected chi connectivity index (χ0v) is 23.6. The van der Waals surface area contributed by atoms with Gasteiger partial charge in [0.2, 0.25) is 0 Å². The Balaban J connectivity index is 1.91. The lowest BCUT2D eigenvalue weighted by molar-refractivity contribution is 0.450. The lowest BCUT2D eigenvalue weighted by atomic mass is 9.80. The summed E-state index contributed by atoms with van der Waals surface area (Å²) in [7, 11) is 0. The molecule has 0 spiro atoms. The van der Waals surface area contributed by atoms with Crippen molar-refractivity contribution >= 4 is 22.7 Å². The Morgan fingerprint density at radius 1 is 0.528 bits per heavy atom. The number of anilines is 4. The monoisotopic (exact) mass is 484 g/mol. The molecule has 0 radical (unpaired) electrons. The fourth-order valence-corrected chi connectivity index (χ4v) is 5.12. The number of hydrogen-bond acceptors (Lipinski definition) is 2. The van der Waals surface area contributed by atoms with Crippen LogP contribution in [0.25, 0.3) is 0 Å². The molecule has 0 amide bonds. The zero-order valence-electron chi connectivity index (χ0n) is 23.6. The van der Waals surface area contributed by atoms with Crippen LogP contribution >= 0.6 is 0 Å². The smallest absolute Gasteiger partial charge is 0.0463 e. The number of nitrogens with zero attached hydrogens (tertiary/aromatic N) is 1. The maximum absolute atomic E-state index is 6.02. The fourth-order valence-electron chi connectivity index (χ4n) is 5.12. The molecular formula is C34H48N2. The van der Waals surface area contributed by atoms with Crippen molar-refractivity contribution in [3.05, 3.63) is 83.9 Å². The first-order valence-electron chi connectivity index (χ1n) is 14.0. The third-order valence-electron chi connectivity index (χ3n) is 7.78. The number of rotatable bonds is 13. The summed E-state index contributed by atoms with van der Waals surface area (Å²) in [4.78, 5) is 2.33. The number of benzene rings is 3. The molecule has 3 aromatic rings. The van der Waals surface area contributed by atoms with E-state index in [2.05, 4.69) is 107 Å². The summed E-state index contributed by atoms with van der Waals surface area (Å²) < 4.78 is 0. The molecule has 0 bridgehead atoms. The fraction of sp³-hybridized carbons (Fsp3) is 0.471. The highest BCUT2D eigenvalue weighted by molar-refractivity contribution is 5.77. The van der Waals surface area contributed by atoms with Gasteiger partial charge in [0.05, 0.1) is 0 Å². The minimum absolute atomic E-state index is 0.185. The molecule has 0 fully saturated rings. The molecule has 36 heavy (non-hydrogen) atoms. The van der Waals surface area contributed by atoms with Gasteiger partial charge in [-0.1, -0.05) is 104 Å². The van der Waals surface area contributed by atoms with Gasteiger partial charge in [-0.25, -0.2) is 0 Å². The maximum Gasteiger partial charge on any atom is 0.0463 e. The van der Waals surface area contributed by atoms with E-state index in [0.717, 1.165) is 11.4 Å². The first-order chi connectivity index (χ1) is 17.2. The van der Waals surface area contributed by atoms with E-state index >= 15 is 0 Å². The molecule has 2 N–H and O–H groups in total. The van der Waals surface area contributed by atoms with Crippen LogP contribution in [0.15, 0.2) is 72.8 Å². The second-order valence-corrected chi connectivity index (χ2v) is 11.7. The Kier molecular flexibility index (Phi) is 9.65. The Morgan fingerprint density at radius 2 is 0.861 bits per heavy atom. The number of nitrogens with two attached hydrogens (primary N) is 1. The minimum atomic E-state index is 0.185. The van der Waals surface area contributed by atoms with E-state index in [9.17, 15) is 0 Å². The molecule has 0 aliphatic heterocycles. The van der Waals surface area contributed by atoms with Crippen molar-refractivity contribution in [2.75, 3.05) is 10.6 Å². The van der Waals surface area contributed by atoms with Crippen LogP contribution in [0.1, 0.15) is 104 Å². The van der Waals surface area contributed by atoms with E-state index < -0.39 is 0 Å². The second-order valence-electron chi connectivity index (χ2n) is 11.7. The van der Waals surface area contributed by atoms with Crippen LogP contribution < -0.4 is 10.6 Å². The summed E-state index contributed by atoms with van der Waals surface area (Å²) in [6.45, 7) is 14.0. The summed E-state index contributed by atoms with van der Waals surface area (Å²) in [6.07, 6.45) is 10.1. The number of unbranched alkanes of at least 4 members (excludes halogenated alkanes) is 4. The molecule has 0 heterocycles. The lowest BCUT2D eigenvalue weighted by Gasteiger charge is -2.30. The van der Waals surface area contributed by atoms with Gasteiger partial charge in [0.1, 0.15) is 0 Å². The van der Waals surface area contributed by atoms with Gasteiger partial charge in [-0.05, 0) is 83.3 Å². The summed E-state index contributed by atoms with van der Waals surface area (Å²) in [5, 5.41) is 0. The predicted molar refractivity (Wildman–Crippen MR) is 160 cm³/mol. The molecule has 0 aliphatic rings. The predicted octanol–water partition coefficient (Wildman–Crippen LogP) is 10.5. The molecule has 3 rings (SSSR count). The third-order valence-corrected chi connectivity index (χ3v) is 7.78. The van der Waals surface area contributed by atoms with Crippen LogP contribution in [0.5, 0.6) is 0 Å². The van der Waals surface area contributed by atoms with Gasteiger partial charge < -0.3 is 10.6 Å². The summed E-state index contributed by atoms with van der Waals surface area (Å²) in [5.41, 5.74) is 13.4. The minimum Gasteiger partial charge on any atom is -0.399 e. The van der Waals surface area contributed by atoms with Gasteiger partial charge in [0.15, 0.2) is 0 Å². The van der Waals surface area contributed by atoms with E-state index in [4.69, 9.17) is 5.73 Å². The molecule has 194 valence electrons. The van der Waals surface area contributed by atoms with E-state index in [0.29, 0.717) is 0 Å². The van der Waals surface area contributed by atoms with Crippen molar-refractivity contribution in [3.8, 4) is 0 Å². The maximum atomic E-state index is 6.02. The molecule has 0 atom stereocenters. The number of nitrogen functional groups attached to an aromatic ring is 1. The van der Waals surface area contributed by atoms with Crippen LogP contribution in [0, 0.1) is 0 Å². The zero-order chi connectivity index (χ0) is 26.2. The Hall–Kier alpha value is -2.74. The Bertz CT molecular complexity index is 978. The standard InChI is InChI=1S/C34H48N2/c1-7-9-11-25-33(3,4)27-13-19-30(20-14-27)36(32-23-17-29(35)18-24-32)31-21-15-28(16-22-31)34(5,6)26-12-10-8-2/h13-24H,7-12,25-26,35H2,1-6H3. The SMILES string of the molecule is CCCCCC(C)(C)c1ccc(N(c2ccc(N)cc2)c2ccc(C(C)(C)CCCCC)cc2)cc1. The van der Waals surface area contributed by atoms with Crippen molar-refractivity contribution < 1.29 is 0 Å². The van der Waals surface area contributed by atoms with Crippen LogP contribution in [0.2, 0.25) is 0 Å². The molecule has 0 saturated heterocycles. The van der Waals surface area contributed by atoms with Gasteiger partial charge in [-0.2, -0.15) is 0 Å². The van der Waals surface area contributed by atoms with E-state index in [1.165, 1.54) is 73.9 Å². The summed E-state index contributed by atoms with van der Waals surface area (Å²) in [5.74, 6) is 0. The van der Waals surface area contributed by atoms with Crippen LogP contribution in [0.4, 0.5) is 22.7 Å². The highest BCUT2D eigenvalue weighted by Crippen LogP contribution is 2.38. The first-order valence-corrected chi connectivity index (χ1v) is 14.0. The third kappa shape index (κ3) is 7.15. The summed E-state index contributed by atoms with van der Waals surface area (Å²) in [6, 6.07) is 26.6. The molecule has 0 unspecified atom stereocenters.